The highest BCUT2D eigenvalue weighted by Crippen LogP contribution is 2.32. The molecule has 0 amide bonds. The molecule has 0 unspecified atom stereocenters. The summed E-state index contributed by atoms with van der Waals surface area (Å²) in [7, 11) is 3.25. The number of allylic oxidation sites excluding steroid dienone is 2. The first-order chi connectivity index (χ1) is 9.17. The summed E-state index contributed by atoms with van der Waals surface area (Å²) in [6, 6.07) is 0. The quantitative estimate of drug-likeness (QED) is 0.843. The molecule has 2 rings (SSSR count). The van der Waals surface area contributed by atoms with Gasteiger partial charge in [0.2, 0.25) is 0 Å². The summed E-state index contributed by atoms with van der Waals surface area (Å²) in [5.41, 5.74) is 1.85. The van der Waals surface area contributed by atoms with Crippen LogP contribution in [0.25, 0.3) is 0 Å². The third-order valence-corrected chi connectivity index (χ3v) is 3.58. The second kappa shape index (κ2) is 6.31. The molecule has 0 atom stereocenters. The second-order valence-corrected chi connectivity index (χ2v) is 4.84. The molecule has 1 radical (unpaired) electrons. The molecule has 0 aliphatic heterocycles. The average molecular weight is 299 g/mol. The Morgan fingerprint density at radius 2 is 1.84 bits per heavy atom. The average Bonchev–Trinajstić information content (AvgIpc) is 2.42. The Morgan fingerprint density at radius 1 is 1.16 bits per heavy atom. The minimum Gasteiger partial charge on any atom is -0.493 e. The number of ether oxygens (including phenoxy) is 2. The first kappa shape index (κ1) is 14.2. The molecule has 0 fully saturated rings. The maximum absolute atomic E-state index is 6.14. The Balaban J connectivity index is 2.36. The van der Waals surface area contributed by atoms with Crippen LogP contribution in [-0.4, -0.2) is 19.2 Å². The van der Waals surface area contributed by atoms with E-state index in [1.54, 1.807) is 26.6 Å². The minimum absolute atomic E-state index is 0.553. The second-order valence-electron chi connectivity index (χ2n) is 4.03. The van der Waals surface area contributed by atoms with Crippen molar-refractivity contribution in [3.8, 4) is 0 Å². The summed E-state index contributed by atoms with van der Waals surface area (Å²) < 4.78 is 10.7. The van der Waals surface area contributed by atoms with Crippen LogP contribution in [0.15, 0.2) is 35.6 Å². The van der Waals surface area contributed by atoms with E-state index < -0.39 is 0 Å². The minimum atomic E-state index is 0.553. The number of rotatable bonds is 4. The number of methoxy groups -OCH3 is 2. The summed E-state index contributed by atoms with van der Waals surface area (Å²) in [5, 5.41) is 1.11. The van der Waals surface area contributed by atoms with E-state index in [-0.39, 0.29) is 0 Å². The fourth-order valence-electron chi connectivity index (χ4n) is 2.01. The summed E-state index contributed by atoms with van der Waals surface area (Å²) in [4.78, 5) is 3.95. The molecule has 0 bridgehead atoms. The van der Waals surface area contributed by atoms with Crippen LogP contribution in [0.5, 0.6) is 0 Å². The fourth-order valence-corrected chi connectivity index (χ4v) is 2.51. The molecule has 0 saturated heterocycles. The van der Waals surface area contributed by atoms with Crippen LogP contribution in [0.3, 0.4) is 0 Å². The number of hydrogen-bond acceptors (Lipinski definition) is 3. The molecule has 1 aliphatic carbocycles. The molecule has 0 aromatic carbocycles. The van der Waals surface area contributed by atoms with Gasteiger partial charge in [-0.15, -0.1) is 0 Å². The van der Waals surface area contributed by atoms with Crippen LogP contribution in [0.4, 0.5) is 0 Å². The van der Waals surface area contributed by atoms with Crippen LogP contribution in [-0.2, 0) is 15.9 Å². The summed E-state index contributed by atoms with van der Waals surface area (Å²) in [5.74, 6) is 1.46. The van der Waals surface area contributed by atoms with Crippen molar-refractivity contribution >= 4 is 23.2 Å². The maximum atomic E-state index is 6.14. The molecule has 101 valence electrons. The Hall–Kier alpha value is -1.19. The van der Waals surface area contributed by atoms with Gasteiger partial charge >= 0.3 is 0 Å². The molecule has 1 aromatic rings. The van der Waals surface area contributed by atoms with E-state index in [2.05, 4.69) is 11.4 Å². The number of halogens is 2. The van der Waals surface area contributed by atoms with Crippen molar-refractivity contribution in [3.63, 3.8) is 0 Å². The molecule has 5 heteroatoms. The van der Waals surface area contributed by atoms with Crippen molar-refractivity contribution < 1.29 is 9.47 Å². The van der Waals surface area contributed by atoms with Gasteiger partial charge in [-0.2, -0.15) is 0 Å². The lowest BCUT2D eigenvalue weighted by Gasteiger charge is -2.20. The van der Waals surface area contributed by atoms with Gasteiger partial charge in [0, 0.05) is 18.8 Å². The largest absolute Gasteiger partial charge is 0.493 e. The van der Waals surface area contributed by atoms with Crippen molar-refractivity contribution in [2.24, 2.45) is 0 Å². The smallest absolute Gasteiger partial charge is 0.160 e. The molecular weight excluding hydrogens is 285 g/mol. The van der Waals surface area contributed by atoms with Crippen molar-refractivity contribution in [1.29, 1.82) is 0 Å². The molecule has 3 nitrogen and oxygen atoms in total. The van der Waals surface area contributed by atoms with Gasteiger partial charge in [-0.1, -0.05) is 23.2 Å². The van der Waals surface area contributed by atoms with Gasteiger partial charge in [-0.05, 0) is 30.1 Å². The van der Waals surface area contributed by atoms with Crippen molar-refractivity contribution in [2.75, 3.05) is 14.2 Å². The Labute approximate surface area is 122 Å². The van der Waals surface area contributed by atoms with Crippen LogP contribution < -0.4 is 0 Å². The Bertz CT molecular complexity index is 518. The zero-order valence-electron chi connectivity index (χ0n) is 10.7. The third-order valence-electron chi connectivity index (χ3n) is 2.93. The van der Waals surface area contributed by atoms with Crippen molar-refractivity contribution in [3.05, 3.63) is 57.6 Å². The topological polar surface area (TPSA) is 31.4 Å². The number of aromatic nitrogens is 1. The SMILES string of the molecule is COC1=CC[CH]C(Cc2c(Cl)cncc2Cl)=C1OC. The fraction of sp³-hybridized carbons (Fsp3) is 0.286. The van der Waals surface area contributed by atoms with E-state index >= 15 is 0 Å². The molecule has 0 spiro atoms. The van der Waals surface area contributed by atoms with Crippen LogP contribution in [0.1, 0.15) is 12.0 Å². The first-order valence-electron chi connectivity index (χ1n) is 5.80. The van der Waals surface area contributed by atoms with Crippen LogP contribution in [0, 0.1) is 6.42 Å². The van der Waals surface area contributed by atoms with Gasteiger partial charge < -0.3 is 9.47 Å². The van der Waals surface area contributed by atoms with Crippen LogP contribution >= 0.6 is 23.2 Å². The van der Waals surface area contributed by atoms with Gasteiger partial charge in [0.1, 0.15) is 0 Å². The monoisotopic (exact) mass is 298 g/mol. The van der Waals surface area contributed by atoms with Crippen molar-refractivity contribution in [2.45, 2.75) is 12.8 Å². The summed E-state index contributed by atoms with van der Waals surface area (Å²) in [6.07, 6.45) is 8.61. The standard InChI is InChI=1S/C14H14Cl2NO2/c1-18-13-5-3-4-9(14(13)19-2)6-10-11(15)7-17-8-12(10)16/h4-5,7-8H,3,6H2,1-2H3. The lowest BCUT2D eigenvalue weighted by molar-refractivity contribution is 0.214. The number of nitrogens with zero attached hydrogens (tertiary/aromatic N) is 1. The molecule has 1 aromatic heterocycles. The highest BCUT2D eigenvalue weighted by Gasteiger charge is 2.20. The predicted molar refractivity (Wildman–Crippen MR) is 76.0 cm³/mol. The summed E-state index contributed by atoms with van der Waals surface area (Å²) >= 11 is 12.3. The number of hydrogen-bond donors (Lipinski definition) is 0. The van der Waals surface area contributed by atoms with Crippen molar-refractivity contribution in [1.82, 2.24) is 4.98 Å². The van der Waals surface area contributed by atoms with Gasteiger partial charge in [0.05, 0.1) is 24.3 Å². The van der Waals surface area contributed by atoms with Gasteiger partial charge in [0.25, 0.3) is 0 Å². The van der Waals surface area contributed by atoms with Gasteiger partial charge in [0.15, 0.2) is 11.5 Å². The predicted octanol–water partition coefficient (Wildman–Crippen LogP) is 3.97. The number of pyridine rings is 1. The lowest BCUT2D eigenvalue weighted by Crippen LogP contribution is -2.08. The molecular formula is C14H14Cl2NO2. The van der Waals surface area contributed by atoms with E-state index in [1.807, 2.05) is 6.08 Å². The lowest BCUT2D eigenvalue weighted by atomic mass is 9.96. The van der Waals surface area contributed by atoms with E-state index in [9.17, 15) is 0 Å². The molecule has 1 heterocycles. The highest BCUT2D eigenvalue weighted by atomic mass is 35.5. The molecule has 19 heavy (non-hydrogen) atoms. The maximum Gasteiger partial charge on any atom is 0.160 e. The van der Waals surface area contributed by atoms with Crippen LogP contribution in [0.2, 0.25) is 10.0 Å². The van der Waals surface area contributed by atoms with Gasteiger partial charge in [-0.25, -0.2) is 0 Å². The zero-order chi connectivity index (χ0) is 13.8. The van der Waals surface area contributed by atoms with E-state index in [1.165, 1.54) is 0 Å². The van der Waals surface area contributed by atoms with Gasteiger partial charge in [-0.3, -0.25) is 4.98 Å². The Kier molecular flexibility index (Phi) is 4.72. The Morgan fingerprint density at radius 3 is 2.42 bits per heavy atom. The molecule has 0 saturated carbocycles. The summed E-state index contributed by atoms with van der Waals surface area (Å²) in [6.45, 7) is 0. The first-order valence-corrected chi connectivity index (χ1v) is 6.55. The third kappa shape index (κ3) is 3.04. The molecule has 0 N–H and O–H groups in total. The highest BCUT2D eigenvalue weighted by molar-refractivity contribution is 6.35. The van der Waals surface area contributed by atoms with E-state index in [4.69, 9.17) is 32.7 Å². The van der Waals surface area contributed by atoms with E-state index in [0.717, 1.165) is 29.1 Å². The van der Waals surface area contributed by atoms with E-state index in [0.29, 0.717) is 16.5 Å². The normalized spacial score (nSPS) is 15.3. The zero-order valence-corrected chi connectivity index (χ0v) is 12.3. The molecule has 1 aliphatic rings.